The van der Waals surface area contributed by atoms with Gasteiger partial charge in [-0.2, -0.15) is 0 Å². The molecule has 0 atom stereocenters. The Kier molecular flexibility index (Phi) is 5.52. The zero-order valence-electron chi connectivity index (χ0n) is 19.5. The number of benzene rings is 3. The minimum atomic E-state index is -0.164. The largest absolute Gasteiger partial charge is 0.477 e. The molecule has 178 valence electrons. The molecule has 3 aromatic rings. The fourth-order valence-electron chi connectivity index (χ4n) is 4.81. The summed E-state index contributed by atoms with van der Waals surface area (Å²) in [5.41, 5.74) is 6.36. The van der Waals surface area contributed by atoms with Crippen LogP contribution < -0.4 is 14.2 Å². The Morgan fingerprint density at radius 3 is 2.66 bits per heavy atom. The molecule has 0 saturated heterocycles. The molecule has 0 aliphatic carbocycles. The van der Waals surface area contributed by atoms with Crippen LogP contribution in [0.15, 0.2) is 48.2 Å². The number of ether oxygens (including phenoxy) is 4. The van der Waals surface area contributed by atoms with Gasteiger partial charge in [-0.25, -0.2) is 0 Å². The Balaban J connectivity index is 1.30. The molecule has 6 rings (SSSR count). The van der Waals surface area contributed by atoms with Crippen molar-refractivity contribution in [3.63, 3.8) is 0 Å². The zero-order chi connectivity index (χ0) is 24.1. The van der Waals surface area contributed by atoms with E-state index in [4.69, 9.17) is 30.5 Å². The van der Waals surface area contributed by atoms with Gasteiger partial charge < -0.3 is 18.9 Å². The molecule has 7 heteroatoms. The third kappa shape index (κ3) is 4.08. The fraction of sp³-hybridized carbons (Fsp3) is 0.250. The van der Waals surface area contributed by atoms with E-state index < -0.39 is 0 Å². The number of aryl methyl sites for hydroxylation is 1. The number of carbonyl (C=O) groups is 1. The van der Waals surface area contributed by atoms with Crippen LogP contribution in [0.25, 0.3) is 6.08 Å². The van der Waals surface area contributed by atoms with Gasteiger partial charge >= 0.3 is 0 Å². The van der Waals surface area contributed by atoms with Gasteiger partial charge in [-0.3, -0.25) is 9.69 Å². The number of carbonyl (C=O) groups excluding carboxylic acids is 1. The highest BCUT2D eigenvalue weighted by Crippen LogP contribution is 2.44. The van der Waals surface area contributed by atoms with E-state index in [0.717, 1.165) is 29.0 Å². The maximum absolute atomic E-state index is 13.4. The molecule has 0 N–H and O–H groups in total. The van der Waals surface area contributed by atoms with Gasteiger partial charge in [0, 0.05) is 40.4 Å². The van der Waals surface area contributed by atoms with Crippen LogP contribution in [0.2, 0.25) is 5.02 Å². The summed E-state index contributed by atoms with van der Waals surface area (Å²) in [7, 11) is 0. The van der Waals surface area contributed by atoms with E-state index in [1.165, 1.54) is 11.1 Å². The molecule has 0 bridgehead atoms. The molecule has 0 radical (unpaired) electrons. The van der Waals surface area contributed by atoms with E-state index >= 15 is 0 Å². The van der Waals surface area contributed by atoms with Crippen LogP contribution >= 0.6 is 11.6 Å². The van der Waals surface area contributed by atoms with Crippen LogP contribution in [0.4, 0.5) is 0 Å². The predicted octanol–water partition coefficient (Wildman–Crippen LogP) is 5.79. The number of allylic oxidation sites excluding steroid dienone is 1. The van der Waals surface area contributed by atoms with Crippen LogP contribution in [0.3, 0.4) is 0 Å². The highest BCUT2D eigenvalue weighted by molar-refractivity contribution is 6.31. The summed E-state index contributed by atoms with van der Waals surface area (Å²) in [4.78, 5) is 15.6. The summed E-state index contributed by atoms with van der Waals surface area (Å²) in [6, 6.07) is 14.0. The van der Waals surface area contributed by atoms with Gasteiger partial charge in [0.15, 0.2) is 12.6 Å². The molecule has 3 aliphatic rings. The predicted molar refractivity (Wildman–Crippen MR) is 132 cm³/mol. The van der Waals surface area contributed by atoms with Crippen molar-refractivity contribution in [1.82, 2.24) is 4.90 Å². The summed E-state index contributed by atoms with van der Waals surface area (Å²) in [5, 5.41) is 0.543. The lowest BCUT2D eigenvalue weighted by atomic mass is 9.99. The van der Waals surface area contributed by atoms with Gasteiger partial charge in [0.25, 0.3) is 0 Å². The number of hydrogen-bond donors (Lipinski definition) is 0. The number of rotatable bonds is 3. The van der Waals surface area contributed by atoms with Gasteiger partial charge in [-0.05, 0) is 43.7 Å². The summed E-state index contributed by atoms with van der Waals surface area (Å²) >= 11 is 6.30. The van der Waals surface area contributed by atoms with E-state index in [0.29, 0.717) is 47.5 Å². The molecule has 0 amide bonds. The number of halogens is 1. The van der Waals surface area contributed by atoms with E-state index in [1.807, 2.05) is 19.1 Å². The van der Waals surface area contributed by atoms with Crippen molar-refractivity contribution in [3.05, 3.63) is 92.2 Å². The lowest BCUT2D eigenvalue weighted by molar-refractivity contribution is -0.0165. The second-order valence-corrected chi connectivity index (χ2v) is 9.58. The molecular formula is C28H24ClNO5. The highest BCUT2D eigenvalue weighted by atomic mass is 35.5. The lowest BCUT2D eigenvalue weighted by Gasteiger charge is -2.30. The molecule has 0 aromatic heterocycles. The van der Waals surface area contributed by atoms with Gasteiger partial charge in [0.2, 0.25) is 5.78 Å². The third-order valence-corrected chi connectivity index (χ3v) is 6.74. The van der Waals surface area contributed by atoms with Gasteiger partial charge in [0.05, 0.1) is 12.2 Å². The average Bonchev–Trinajstić information content (AvgIpc) is 3.16. The third-order valence-electron chi connectivity index (χ3n) is 6.52. The Hall–Kier alpha value is -3.32. The Labute approximate surface area is 208 Å². The smallest absolute Gasteiger partial charge is 0.231 e. The average molecular weight is 490 g/mol. The van der Waals surface area contributed by atoms with Crippen molar-refractivity contribution in [2.24, 2.45) is 0 Å². The Morgan fingerprint density at radius 1 is 1.00 bits per heavy atom. The van der Waals surface area contributed by atoms with Crippen LogP contribution in [-0.2, 0) is 24.4 Å². The first-order valence-electron chi connectivity index (χ1n) is 11.5. The summed E-state index contributed by atoms with van der Waals surface area (Å²) in [6.45, 7) is 6.52. The summed E-state index contributed by atoms with van der Waals surface area (Å²) < 4.78 is 23.2. The number of Topliss-reactive ketones (excluding diaryl/α,β-unsaturated/α-hetero) is 1. The number of fused-ring (bicyclic) bond motifs is 3. The van der Waals surface area contributed by atoms with Crippen LogP contribution in [-0.4, -0.2) is 24.2 Å². The second kappa shape index (κ2) is 8.72. The maximum atomic E-state index is 13.4. The summed E-state index contributed by atoms with van der Waals surface area (Å²) in [6.07, 6.45) is 1.70. The molecule has 0 saturated carbocycles. The standard InChI is InChI=1S/C28H24ClNO5/c1-16-3-5-18(6-4-16)11-30-12-20-9-23-25(31)24(35-27(23)17(2)26(20)33-14-30)10-19-7-22(29)8-21-13-32-15-34-28(19)21/h3-10H,11-15H2,1-2H3/b24-10-. The Bertz CT molecular complexity index is 1380. The van der Waals surface area contributed by atoms with Crippen LogP contribution in [0, 0.1) is 13.8 Å². The van der Waals surface area contributed by atoms with Crippen molar-refractivity contribution < 1.29 is 23.7 Å². The van der Waals surface area contributed by atoms with Gasteiger partial charge in [0.1, 0.15) is 24.0 Å². The first kappa shape index (κ1) is 22.2. The maximum Gasteiger partial charge on any atom is 0.231 e. The molecule has 3 aromatic carbocycles. The molecule has 6 nitrogen and oxygen atoms in total. The van der Waals surface area contributed by atoms with Crippen molar-refractivity contribution in [1.29, 1.82) is 0 Å². The van der Waals surface area contributed by atoms with Crippen molar-refractivity contribution in [3.8, 4) is 17.2 Å². The minimum absolute atomic E-state index is 0.155. The zero-order valence-corrected chi connectivity index (χ0v) is 20.3. The van der Waals surface area contributed by atoms with Gasteiger partial charge in [-0.15, -0.1) is 0 Å². The molecule has 3 heterocycles. The van der Waals surface area contributed by atoms with Crippen molar-refractivity contribution >= 4 is 23.5 Å². The quantitative estimate of drug-likeness (QED) is 0.434. The SMILES string of the molecule is Cc1ccc(CN2COc3c(cc4c(c3C)O/C(=C\c3cc(Cl)cc5c3OCOC5)C4=O)C2)cc1. The van der Waals surface area contributed by atoms with E-state index in [-0.39, 0.29) is 18.3 Å². The topological polar surface area (TPSA) is 57.2 Å². The normalized spacial score (nSPS) is 17.8. The molecular weight excluding hydrogens is 466 g/mol. The van der Waals surface area contributed by atoms with E-state index in [2.05, 4.69) is 36.1 Å². The lowest BCUT2D eigenvalue weighted by Crippen LogP contribution is -2.32. The fourth-order valence-corrected chi connectivity index (χ4v) is 5.06. The molecule has 0 unspecified atom stereocenters. The first-order valence-corrected chi connectivity index (χ1v) is 11.9. The molecule has 0 spiro atoms. The highest BCUT2D eigenvalue weighted by Gasteiger charge is 2.34. The van der Waals surface area contributed by atoms with Gasteiger partial charge in [-0.1, -0.05) is 41.4 Å². The van der Waals surface area contributed by atoms with Crippen molar-refractivity contribution in [2.75, 3.05) is 13.5 Å². The van der Waals surface area contributed by atoms with E-state index in [9.17, 15) is 4.79 Å². The molecule has 35 heavy (non-hydrogen) atoms. The van der Waals surface area contributed by atoms with Crippen LogP contribution in [0.1, 0.15) is 43.7 Å². The minimum Gasteiger partial charge on any atom is -0.477 e. The molecule has 0 fully saturated rings. The number of ketones is 1. The Morgan fingerprint density at radius 2 is 1.83 bits per heavy atom. The summed E-state index contributed by atoms with van der Waals surface area (Å²) in [5.74, 6) is 2.07. The molecule has 3 aliphatic heterocycles. The monoisotopic (exact) mass is 489 g/mol. The van der Waals surface area contributed by atoms with E-state index in [1.54, 1.807) is 12.1 Å². The number of nitrogens with zero attached hydrogens (tertiary/aromatic N) is 1. The first-order chi connectivity index (χ1) is 17.0. The van der Waals surface area contributed by atoms with Crippen molar-refractivity contribution in [2.45, 2.75) is 33.5 Å². The second-order valence-electron chi connectivity index (χ2n) is 9.15. The van der Waals surface area contributed by atoms with Crippen LogP contribution in [0.5, 0.6) is 17.2 Å². The number of hydrogen-bond acceptors (Lipinski definition) is 6.